The van der Waals surface area contributed by atoms with E-state index in [0.29, 0.717) is 18.2 Å². The number of likely N-dealkylation sites (tertiary alicyclic amines) is 1. The lowest BCUT2D eigenvalue weighted by Crippen LogP contribution is -2.46. The third-order valence-corrected chi connectivity index (χ3v) is 4.32. The van der Waals surface area contributed by atoms with E-state index in [0.717, 1.165) is 30.6 Å². The number of benzene rings is 1. The number of hydrogen-bond acceptors (Lipinski definition) is 5. The van der Waals surface area contributed by atoms with Gasteiger partial charge in [-0.15, -0.1) is 0 Å². The molecular weight excluding hydrogens is 330 g/mol. The molecule has 2 amide bonds. The normalized spacial score (nSPS) is 16.9. The van der Waals surface area contributed by atoms with Crippen LogP contribution in [0, 0.1) is 6.92 Å². The monoisotopic (exact) mass is 355 g/mol. The van der Waals surface area contributed by atoms with Crippen molar-refractivity contribution in [1.29, 1.82) is 0 Å². The molecule has 1 aliphatic rings. The summed E-state index contributed by atoms with van der Waals surface area (Å²) in [6, 6.07) is 7.68. The highest BCUT2D eigenvalue weighted by atomic mass is 16.5. The van der Waals surface area contributed by atoms with Crippen molar-refractivity contribution < 1.29 is 9.53 Å². The molecule has 1 fully saturated rings. The molecule has 7 nitrogen and oxygen atoms in total. The van der Waals surface area contributed by atoms with Gasteiger partial charge in [-0.2, -0.15) is 0 Å². The van der Waals surface area contributed by atoms with Crippen LogP contribution in [0.4, 0.5) is 16.3 Å². The number of ether oxygens (including phenoxy) is 1. The lowest BCUT2D eigenvalue weighted by atomic mass is 10.1. The maximum absolute atomic E-state index is 12.5. The minimum absolute atomic E-state index is 0.0945. The van der Waals surface area contributed by atoms with E-state index in [1.54, 1.807) is 17.3 Å². The van der Waals surface area contributed by atoms with Gasteiger partial charge >= 0.3 is 6.03 Å². The van der Waals surface area contributed by atoms with E-state index in [2.05, 4.69) is 15.3 Å². The summed E-state index contributed by atoms with van der Waals surface area (Å²) in [5.74, 6) is 1.19. The Labute approximate surface area is 154 Å². The van der Waals surface area contributed by atoms with Crippen molar-refractivity contribution in [1.82, 2.24) is 14.9 Å². The molecule has 26 heavy (non-hydrogen) atoms. The summed E-state index contributed by atoms with van der Waals surface area (Å²) in [5, 5.41) is 2.95. The van der Waals surface area contributed by atoms with E-state index in [4.69, 9.17) is 4.74 Å². The molecule has 2 heterocycles. The Morgan fingerprint density at radius 2 is 1.96 bits per heavy atom. The van der Waals surface area contributed by atoms with E-state index < -0.39 is 0 Å². The van der Waals surface area contributed by atoms with Gasteiger partial charge in [0.25, 0.3) is 5.88 Å². The van der Waals surface area contributed by atoms with E-state index in [1.165, 1.54) is 0 Å². The topological polar surface area (TPSA) is 70.6 Å². The van der Waals surface area contributed by atoms with Gasteiger partial charge in [0.15, 0.2) is 5.82 Å². The number of nitrogens with zero attached hydrogens (tertiary/aromatic N) is 4. The number of anilines is 2. The third-order valence-electron chi connectivity index (χ3n) is 4.32. The van der Waals surface area contributed by atoms with E-state index in [9.17, 15) is 4.79 Å². The summed E-state index contributed by atoms with van der Waals surface area (Å²) in [6.45, 7) is 3.27. The average Bonchev–Trinajstić information content (AvgIpc) is 2.64. The Morgan fingerprint density at radius 1 is 1.23 bits per heavy atom. The smallest absolute Gasteiger partial charge is 0.321 e. The van der Waals surface area contributed by atoms with E-state index >= 15 is 0 Å². The standard InChI is InChI=1S/C19H25N5O2/c1-14-6-8-15(9-7-14)22-19(25)24-12-4-5-16(13-24)26-18-17(23(2)3)20-10-11-21-18/h6-11,16H,4-5,12-13H2,1-3H3,(H,22,25). The first-order chi connectivity index (χ1) is 12.5. The predicted molar refractivity (Wildman–Crippen MR) is 102 cm³/mol. The molecule has 1 aromatic carbocycles. The number of amides is 2. The fourth-order valence-electron chi connectivity index (χ4n) is 2.92. The molecule has 7 heteroatoms. The molecule has 0 radical (unpaired) electrons. The van der Waals surface area contributed by atoms with Gasteiger partial charge in [0.05, 0.1) is 6.54 Å². The van der Waals surface area contributed by atoms with E-state index in [1.807, 2.05) is 50.2 Å². The minimum Gasteiger partial charge on any atom is -0.470 e. The number of carbonyl (C=O) groups is 1. The highest BCUT2D eigenvalue weighted by molar-refractivity contribution is 5.89. The molecular formula is C19H25N5O2. The van der Waals surface area contributed by atoms with Gasteiger partial charge in [-0.3, -0.25) is 0 Å². The summed E-state index contributed by atoms with van der Waals surface area (Å²) in [5.41, 5.74) is 1.96. The zero-order chi connectivity index (χ0) is 18.5. The van der Waals surface area contributed by atoms with Gasteiger partial charge < -0.3 is 19.9 Å². The van der Waals surface area contributed by atoms with Crippen LogP contribution >= 0.6 is 0 Å². The van der Waals surface area contributed by atoms with Gasteiger partial charge in [-0.05, 0) is 31.9 Å². The average molecular weight is 355 g/mol. The van der Waals surface area contributed by atoms with Crippen molar-refractivity contribution in [2.24, 2.45) is 0 Å². The molecule has 1 atom stereocenters. The lowest BCUT2D eigenvalue weighted by Gasteiger charge is -2.33. The van der Waals surface area contributed by atoms with Crippen LogP contribution in [-0.2, 0) is 0 Å². The Hall–Kier alpha value is -2.83. The van der Waals surface area contributed by atoms with Crippen LogP contribution in [0.15, 0.2) is 36.7 Å². The molecule has 3 rings (SSSR count). The maximum atomic E-state index is 12.5. The molecule has 0 aliphatic carbocycles. The second-order valence-electron chi connectivity index (χ2n) is 6.70. The first-order valence-electron chi connectivity index (χ1n) is 8.80. The highest BCUT2D eigenvalue weighted by Crippen LogP contribution is 2.24. The molecule has 0 spiro atoms. The largest absolute Gasteiger partial charge is 0.470 e. The molecule has 1 saturated heterocycles. The second-order valence-corrected chi connectivity index (χ2v) is 6.70. The van der Waals surface area contributed by atoms with Crippen LogP contribution in [0.5, 0.6) is 5.88 Å². The van der Waals surface area contributed by atoms with Gasteiger partial charge in [0, 0.05) is 38.7 Å². The fourth-order valence-corrected chi connectivity index (χ4v) is 2.92. The fraction of sp³-hybridized carbons (Fsp3) is 0.421. The Balaban J connectivity index is 1.62. The van der Waals surface area contributed by atoms with Crippen LogP contribution in [0.1, 0.15) is 18.4 Å². The van der Waals surface area contributed by atoms with Gasteiger partial charge in [-0.25, -0.2) is 14.8 Å². The van der Waals surface area contributed by atoms with Crippen LogP contribution in [0.2, 0.25) is 0 Å². The predicted octanol–water partition coefficient (Wildman–Crippen LogP) is 2.93. The summed E-state index contributed by atoms with van der Waals surface area (Å²) in [6.07, 6.45) is 4.95. The molecule has 1 aromatic heterocycles. The SMILES string of the molecule is Cc1ccc(NC(=O)N2CCCC(Oc3nccnc3N(C)C)C2)cc1. The number of carbonyl (C=O) groups excluding carboxylic acids is 1. The van der Waals surface area contributed by atoms with Crippen molar-refractivity contribution in [2.75, 3.05) is 37.4 Å². The number of urea groups is 1. The van der Waals surface area contributed by atoms with Crippen molar-refractivity contribution in [2.45, 2.75) is 25.9 Å². The minimum atomic E-state index is -0.103. The molecule has 1 unspecified atom stereocenters. The Bertz CT molecular complexity index is 748. The molecule has 1 aliphatic heterocycles. The first kappa shape index (κ1) is 18.0. The van der Waals surface area contributed by atoms with E-state index in [-0.39, 0.29) is 12.1 Å². The quantitative estimate of drug-likeness (QED) is 0.913. The summed E-state index contributed by atoms with van der Waals surface area (Å²) < 4.78 is 6.06. The maximum Gasteiger partial charge on any atom is 0.321 e. The third kappa shape index (κ3) is 4.41. The molecule has 1 N–H and O–H groups in total. The summed E-state index contributed by atoms with van der Waals surface area (Å²) in [4.78, 5) is 24.8. The molecule has 0 bridgehead atoms. The Kier molecular flexibility index (Phi) is 5.55. The molecule has 138 valence electrons. The van der Waals surface area contributed by atoms with Crippen LogP contribution < -0.4 is 15.0 Å². The van der Waals surface area contributed by atoms with Crippen molar-refractivity contribution >= 4 is 17.5 Å². The number of piperidine rings is 1. The van der Waals surface area contributed by atoms with Gasteiger partial charge in [0.2, 0.25) is 0 Å². The number of hydrogen-bond donors (Lipinski definition) is 1. The van der Waals surface area contributed by atoms with Crippen LogP contribution in [0.3, 0.4) is 0 Å². The number of aromatic nitrogens is 2. The summed E-state index contributed by atoms with van der Waals surface area (Å²) in [7, 11) is 3.80. The second kappa shape index (κ2) is 8.03. The highest BCUT2D eigenvalue weighted by Gasteiger charge is 2.26. The number of nitrogens with one attached hydrogen (secondary N) is 1. The zero-order valence-corrected chi connectivity index (χ0v) is 15.5. The number of rotatable bonds is 4. The molecule has 2 aromatic rings. The van der Waals surface area contributed by atoms with Crippen LogP contribution in [0.25, 0.3) is 0 Å². The Morgan fingerprint density at radius 3 is 2.69 bits per heavy atom. The number of aryl methyl sites for hydroxylation is 1. The van der Waals surface area contributed by atoms with Crippen molar-refractivity contribution in [3.05, 3.63) is 42.2 Å². The molecule has 0 saturated carbocycles. The summed E-state index contributed by atoms with van der Waals surface area (Å²) >= 11 is 0. The van der Waals surface area contributed by atoms with Crippen LogP contribution in [-0.4, -0.2) is 54.2 Å². The van der Waals surface area contributed by atoms with Crippen molar-refractivity contribution in [3.8, 4) is 5.88 Å². The zero-order valence-electron chi connectivity index (χ0n) is 15.5. The van der Waals surface area contributed by atoms with Gasteiger partial charge in [0.1, 0.15) is 6.10 Å². The van der Waals surface area contributed by atoms with Crippen molar-refractivity contribution in [3.63, 3.8) is 0 Å². The van der Waals surface area contributed by atoms with Gasteiger partial charge in [-0.1, -0.05) is 17.7 Å². The first-order valence-corrected chi connectivity index (χ1v) is 8.80. The lowest BCUT2D eigenvalue weighted by molar-refractivity contribution is 0.103.